The number of nitro groups is 1. The van der Waals surface area contributed by atoms with Gasteiger partial charge in [-0.15, -0.1) is 5.10 Å². The zero-order valence-corrected chi connectivity index (χ0v) is 9.11. The number of hydrogen-bond acceptors (Lipinski definition) is 5. The standard InChI is InChI=1S/C10H10N4O3/c1-17-9-2-3-10(14(15)16)8(6-9)7-13-5-4-11-12-13/h2-6H,7H2,1H3. The Bertz CT molecular complexity index is 524. The summed E-state index contributed by atoms with van der Waals surface area (Å²) in [7, 11) is 1.51. The molecule has 7 heteroatoms. The molecule has 88 valence electrons. The van der Waals surface area contributed by atoms with E-state index in [1.807, 2.05) is 0 Å². The van der Waals surface area contributed by atoms with E-state index >= 15 is 0 Å². The van der Waals surface area contributed by atoms with Gasteiger partial charge in [0.1, 0.15) is 5.75 Å². The van der Waals surface area contributed by atoms with Crippen LogP contribution in [0.15, 0.2) is 30.6 Å². The van der Waals surface area contributed by atoms with Crippen LogP contribution in [0.25, 0.3) is 0 Å². The lowest BCUT2D eigenvalue weighted by atomic mass is 10.1. The predicted octanol–water partition coefficient (Wildman–Crippen LogP) is 1.24. The van der Waals surface area contributed by atoms with Gasteiger partial charge in [-0.1, -0.05) is 5.21 Å². The molecule has 1 aromatic heterocycles. The molecule has 0 N–H and O–H groups in total. The normalized spacial score (nSPS) is 10.2. The molecule has 0 atom stereocenters. The quantitative estimate of drug-likeness (QED) is 0.587. The van der Waals surface area contributed by atoms with Crippen LogP contribution in [0.3, 0.4) is 0 Å². The molecule has 0 aliphatic rings. The Kier molecular flexibility index (Phi) is 2.99. The number of nitro benzene ring substituents is 1. The van der Waals surface area contributed by atoms with E-state index in [1.54, 1.807) is 18.3 Å². The molecule has 0 fully saturated rings. The molecular formula is C10H10N4O3. The summed E-state index contributed by atoms with van der Waals surface area (Å²) >= 11 is 0. The first-order valence-corrected chi connectivity index (χ1v) is 4.86. The number of ether oxygens (including phenoxy) is 1. The fraction of sp³-hybridized carbons (Fsp3) is 0.200. The fourth-order valence-electron chi connectivity index (χ4n) is 1.49. The molecule has 0 radical (unpaired) electrons. The van der Waals surface area contributed by atoms with Crippen molar-refractivity contribution >= 4 is 5.69 Å². The Morgan fingerprint density at radius 1 is 1.53 bits per heavy atom. The Balaban J connectivity index is 2.38. The Labute approximate surface area is 96.8 Å². The second kappa shape index (κ2) is 4.60. The zero-order valence-electron chi connectivity index (χ0n) is 9.11. The van der Waals surface area contributed by atoms with Gasteiger partial charge in [-0.2, -0.15) is 0 Å². The summed E-state index contributed by atoms with van der Waals surface area (Å²) in [4.78, 5) is 10.4. The highest BCUT2D eigenvalue weighted by Crippen LogP contribution is 2.24. The molecular weight excluding hydrogens is 224 g/mol. The Hall–Kier alpha value is -2.44. The summed E-state index contributed by atoms with van der Waals surface area (Å²) < 4.78 is 6.56. The lowest BCUT2D eigenvalue weighted by Gasteiger charge is -2.05. The topological polar surface area (TPSA) is 83.1 Å². The maximum atomic E-state index is 10.9. The van der Waals surface area contributed by atoms with E-state index in [1.165, 1.54) is 24.1 Å². The van der Waals surface area contributed by atoms with Crippen LogP contribution < -0.4 is 4.74 Å². The number of rotatable bonds is 4. The maximum Gasteiger partial charge on any atom is 0.274 e. The lowest BCUT2D eigenvalue weighted by Crippen LogP contribution is -2.04. The highest BCUT2D eigenvalue weighted by Gasteiger charge is 2.15. The second-order valence-electron chi connectivity index (χ2n) is 3.35. The third-order valence-corrected chi connectivity index (χ3v) is 2.29. The molecule has 0 bridgehead atoms. The highest BCUT2D eigenvalue weighted by molar-refractivity contribution is 5.45. The van der Waals surface area contributed by atoms with Crippen LogP contribution in [0.2, 0.25) is 0 Å². The van der Waals surface area contributed by atoms with Crippen molar-refractivity contribution in [3.8, 4) is 5.75 Å². The summed E-state index contributed by atoms with van der Waals surface area (Å²) in [5.41, 5.74) is 0.571. The van der Waals surface area contributed by atoms with Gasteiger partial charge in [-0.05, 0) is 12.1 Å². The molecule has 2 aromatic rings. The Morgan fingerprint density at radius 3 is 2.94 bits per heavy atom. The first kappa shape index (κ1) is 11.1. The van der Waals surface area contributed by atoms with Crippen LogP contribution in [0.4, 0.5) is 5.69 Å². The van der Waals surface area contributed by atoms with Gasteiger partial charge in [-0.25, -0.2) is 4.68 Å². The van der Waals surface area contributed by atoms with Crippen molar-refractivity contribution in [2.45, 2.75) is 6.54 Å². The molecule has 7 nitrogen and oxygen atoms in total. The van der Waals surface area contributed by atoms with Crippen LogP contribution >= 0.6 is 0 Å². The van der Waals surface area contributed by atoms with Gasteiger partial charge in [0.25, 0.3) is 5.69 Å². The number of benzene rings is 1. The lowest BCUT2D eigenvalue weighted by molar-refractivity contribution is -0.385. The molecule has 0 spiro atoms. The summed E-state index contributed by atoms with van der Waals surface area (Å²) in [6.45, 7) is 0.285. The van der Waals surface area contributed by atoms with Crippen molar-refractivity contribution in [2.75, 3.05) is 7.11 Å². The molecule has 0 unspecified atom stereocenters. The van der Waals surface area contributed by atoms with E-state index < -0.39 is 4.92 Å². The molecule has 0 saturated carbocycles. The van der Waals surface area contributed by atoms with Gasteiger partial charge in [0.05, 0.1) is 30.3 Å². The van der Waals surface area contributed by atoms with E-state index in [2.05, 4.69) is 10.3 Å². The highest BCUT2D eigenvalue weighted by atomic mass is 16.6. The van der Waals surface area contributed by atoms with Crippen molar-refractivity contribution in [3.63, 3.8) is 0 Å². The number of aromatic nitrogens is 3. The third kappa shape index (κ3) is 2.39. The second-order valence-corrected chi connectivity index (χ2v) is 3.35. The molecule has 0 aliphatic carbocycles. The van der Waals surface area contributed by atoms with Crippen molar-refractivity contribution < 1.29 is 9.66 Å². The fourth-order valence-corrected chi connectivity index (χ4v) is 1.49. The van der Waals surface area contributed by atoms with Gasteiger partial charge in [-0.3, -0.25) is 10.1 Å². The Morgan fingerprint density at radius 2 is 2.35 bits per heavy atom. The maximum absolute atomic E-state index is 10.9. The molecule has 0 saturated heterocycles. The van der Waals surface area contributed by atoms with E-state index in [0.717, 1.165) is 0 Å². The van der Waals surface area contributed by atoms with Crippen LogP contribution in [0.5, 0.6) is 5.75 Å². The van der Waals surface area contributed by atoms with Gasteiger partial charge in [0, 0.05) is 12.3 Å². The summed E-state index contributed by atoms with van der Waals surface area (Å²) in [6.07, 6.45) is 3.16. The van der Waals surface area contributed by atoms with Crippen molar-refractivity contribution in [3.05, 3.63) is 46.3 Å². The molecule has 0 aliphatic heterocycles. The van der Waals surface area contributed by atoms with Crippen LogP contribution in [0, 0.1) is 10.1 Å². The van der Waals surface area contributed by atoms with Gasteiger partial charge in [0.2, 0.25) is 0 Å². The molecule has 1 heterocycles. The van der Waals surface area contributed by atoms with E-state index in [-0.39, 0.29) is 12.2 Å². The van der Waals surface area contributed by atoms with Crippen molar-refractivity contribution in [1.29, 1.82) is 0 Å². The van der Waals surface area contributed by atoms with Crippen LogP contribution in [-0.2, 0) is 6.54 Å². The largest absolute Gasteiger partial charge is 0.497 e. The first-order valence-electron chi connectivity index (χ1n) is 4.86. The van der Waals surface area contributed by atoms with Gasteiger partial charge < -0.3 is 4.74 Å². The number of methoxy groups -OCH3 is 1. The van der Waals surface area contributed by atoms with Crippen LogP contribution in [-0.4, -0.2) is 27.0 Å². The van der Waals surface area contributed by atoms with Crippen LogP contribution in [0.1, 0.15) is 5.56 Å². The summed E-state index contributed by atoms with van der Waals surface area (Å²) in [5, 5.41) is 18.3. The minimum atomic E-state index is -0.425. The summed E-state index contributed by atoms with van der Waals surface area (Å²) in [6, 6.07) is 4.61. The third-order valence-electron chi connectivity index (χ3n) is 2.29. The van der Waals surface area contributed by atoms with E-state index in [0.29, 0.717) is 11.3 Å². The molecule has 2 rings (SSSR count). The minimum Gasteiger partial charge on any atom is -0.497 e. The first-order chi connectivity index (χ1) is 8.20. The zero-order chi connectivity index (χ0) is 12.3. The average molecular weight is 234 g/mol. The van der Waals surface area contributed by atoms with Crippen molar-refractivity contribution in [1.82, 2.24) is 15.0 Å². The van der Waals surface area contributed by atoms with Gasteiger partial charge >= 0.3 is 0 Å². The molecule has 17 heavy (non-hydrogen) atoms. The molecule has 1 aromatic carbocycles. The smallest absolute Gasteiger partial charge is 0.274 e. The summed E-state index contributed by atoms with van der Waals surface area (Å²) in [5.74, 6) is 0.575. The average Bonchev–Trinajstić information content (AvgIpc) is 2.81. The SMILES string of the molecule is COc1ccc([N+](=O)[O-])c(Cn2ccnn2)c1. The number of hydrogen-bond donors (Lipinski definition) is 0. The van der Waals surface area contributed by atoms with E-state index in [9.17, 15) is 10.1 Å². The monoisotopic (exact) mass is 234 g/mol. The van der Waals surface area contributed by atoms with Gasteiger partial charge in [0.15, 0.2) is 0 Å². The molecule has 0 amide bonds. The van der Waals surface area contributed by atoms with Crippen molar-refractivity contribution in [2.24, 2.45) is 0 Å². The minimum absolute atomic E-state index is 0.0429. The van der Waals surface area contributed by atoms with E-state index in [4.69, 9.17) is 4.74 Å². The predicted molar refractivity (Wildman–Crippen MR) is 58.8 cm³/mol. The number of nitrogens with zero attached hydrogens (tertiary/aromatic N) is 4.